The molecular weight excluding hydrogens is 737 g/mol. The first kappa shape index (κ1) is 35.1. The summed E-state index contributed by atoms with van der Waals surface area (Å²) >= 11 is 1.87. The fourth-order valence-corrected chi connectivity index (χ4v) is 9.91. The number of allylic oxidation sites excluding steroid dienone is 1. The lowest BCUT2D eigenvalue weighted by atomic mass is 9.89. The molecule has 0 aliphatic carbocycles. The topological polar surface area (TPSA) is 37.9 Å². The van der Waals surface area contributed by atoms with Crippen LogP contribution in [0.1, 0.15) is 30.5 Å². The van der Waals surface area contributed by atoms with Crippen molar-refractivity contribution in [2.45, 2.75) is 13.8 Å². The largest absolute Gasteiger partial charge is 0.456 e. The molecule has 3 heterocycles. The zero-order valence-corrected chi connectivity index (χ0v) is 33.5. The second-order valence-corrected chi connectivity index (χ2v) is 16.4. The standard InChI is InChI=1S/C55H38N2OS/c1-34-35(2)53(57-55(56-52(34)39-18-10-5-11-19-39)40-26-24-37(25-27-40)36-14-6-3-7-15-36)46-22-13-23-49-51(46)47-32-41(29-31-48(47)58-49)42-28-30-44-45-21-12-20-43(38-16-8-4-9-17-38)54(45)59-50(44)33-42/h3-34H,1-2H3. The molecule has 1 aliphatic rings. The quantitative estimate of drug-likeness (QED) is 0.166. The summed E-state index contributed by atoms with van der Waals surface area (Å²) in [6, 6.07) is 66.8. The highest BCUT2D eigenvalue weighted by Crippen LogP contribution is 2.43. The lowest BCUT2D eigenvalue weighted by Gasteiger charge is -2.16. The van der Waals surface area contributed by atoms with Gasteiger partial charge in [-0.15, -0.1) is 11.3 Å². The molecule has 4 heteroatoms. The van der Waals surface area contributed by atoms with Crippen LogP contribution in [0, 0.1) is 5.92 Å². The van der Waals surface area contributed by atoms with Gasteiger partial charge in [0.25, 0.3) is 0 Å². The molecule has 0 bridgehead atoms. The maximum atomic E-state index is 6.59. The van der Waals surface area contributed by atoms with Crippen LogP contribution in [0.25, 0.3) is 81.2 Å². The number of hydrogen-bond acceptors (Lipinski definition) is 4. The van der Waals surface area contributed by atoms with E-state index < -0.39 is 0 Å². The van der Waals surface area contributed by atoms with Gasteiger partial charge >= 0.3 is 0 Å². The summed E-state index contributed by atoms with van der Waals surface area (Å²) in [5.41, 5.74) is 15.1. The summed E-state index contributed by atoms with van der Waals surface area (Å²) in [6.45, 7) is 4.45. The van der Waals surface area contributed by atoms with Crippen molar-refractivity contribution in [1.82, 2.24) is 0 Å². The highest BCUT2D eigenvalue weighted by atomic mass is 32.1. The molecule has 10 aromatic rings. The summed E-state index contributed by atoms with van der Waals surface area (Å²) in [5.74, 6) is 0.705. The first-order valence-corrected chi connectivity index (χ1v) is 20.9. The predicted octanol–water partition coefficient (Wildman–Crippen LogP) is 15.3. The third-order valence-electron chi connectivity index (χ3n) is 11.9. The summed E-state index contributed by atoms with van der Waals surface area (Å²) in [7, 11) is 0. The average Bonchev–Trinajstić information content (AvgIpc) is 3.84. The second kappa shape index (κ2) is 14.4. The first-order valence-electron chi connectivity index (χ1n) is 20.1. The van der Waals surface area contributed by atoms with E-state index in [1.54, 1.807) is 0 Å². The first-order chi connectivity index (χ1) is 29.1. The van der Waals surface area contributed by atoms with Crippen molar-refractivity contribution in [3.63, 3.8) is 0 Å². The van der Waals surface area contributed by atoms with Crippen molar-refractivity contribution >= 4 is 70.7 Å². The van der Waals surface area contributed by atoms with Gasteiger partial charge in [-0.1, -0.05) is 171 Å². The molecule has 0 N–H and O–H groups in total. The van der Waals surface area contributed by atoms with E-state index in [0.717, 1.165) is 66.7 Å². The number of thiophene rings is 1. The zero-order chi connectivity index (χ0) is 39.5. The Kier molecular flexibility index (Phi) is 8.53. The lowest BCUT2D eigenvalue weighted by Crippen LogP contribution is -2.15. The molecule has 0 spiro atoms. The van der Waals surface area contributed by atoms with E-state index in [4.69, 9.17) is 14.4 Å². The lowest BCUT2D eigenvalue weighted by molar-refractivity contribution is 0.669. The Morgan fingerprint density at radius 1 is 0.458 bits per heavy atom. The Hall–Kier alpha value is -7.14. The minimum Gasteiger partial charge on any atom is -0.456 e. The number of nitrogens with zero attached hydrogens (tertiary/aromatic N) is 2. The molecule has 3 nitrogen and oxygen atoms in total. The van der Waals surface area contributed by atoms with Crippen molar-refractivity contribution in [3.05, 3.63) is 210 Å². The molecule has 11 rings (SSSR count). The second-order valence-electron chi connectivity index (χ2n) is 15.3. The smallest absolute Gasteiger partial charge is 0.160 e. The van der Waals surface area contributed by atoms with Crippen LogP contribution in [0.2, 0.25) is 0 Å². The SMILES string of the molecule is CC1=C(c2cccc3oc4ccc(-c5ccc6c(c5)sc5c(-c7ccccc7)cccc56)cc4c23)N=C(c2ccc(-c3ccccc3)cc2)N=C(c2ccccc2)C1C. The number of amidine groups is 1. The highest BCUT2D eigenvalue weighted by molar-refractivity contribution is 7.26. The van der Waals surface area contributed by atoms with E-state index in [2.05, 4.69) is 196 Å². The number of aliphatic imine (C=N–C) groups is 2. The molecule has 0 radical (unpaired) electrons. The highest BCUT2D eigenvalue weighted by Gasteiger charge is 2.26. The van der Waals surface area contributed by atoms with Gasteiger partial charge in [-0.25, -0.2) is 9.98 Å². The molecule has 8 aromatic carbocycles. The van der Waals surface area contributed by atoms with Crippen LogP contribution in [-0.4, -0.2) is 11.5 Å². The van der Waals surface area contributed by atoms with E-state index in [1.165, 1.54) is 42.4 Å². The number of fused-ring (bicyclic) bond motifs is 6. The zero-order valence-electron chi connectivity index (χ0n) is 32.7. The Balaban J connectivity index is 1.05. The molecule has 0 saturated carbocycles. The molecule has 0 saturated heterocycles. The third kappa shape index (κ3) is 6.12. The molecule has 0 amide bonds. The average molecular weight is 775 g/mol. The normalized spacial score (nSPS) is 14.6. The summed E-state index contributed by atoms with van der Waals surface area (Å²) in [5, 5.41) is 4.72. The van der Waals surface area contributed by atoms with Gasteiger partial charge in [-0.05, 0) is 75.7 Å². The van der Waals surface area contributed by atoms with Gasteiger partial charge in [-0.3, -0.25) is 0 Å². The minimum absolute atomic E-state index is 0.0108. The van der Waals surface area contributed by atoms with Gasteiger partial charge in [0.1, 0.15) is 11.2 Å². The van der Waals surface area contributed by atoms with Gasteiger partial charge in [0.15, 0.2) is 5.84 Å². The van der Waals surface area contributed by atoms with Crippen molar-refractivity contribution in [2.75, 3.05) is 0 Å². The maximum absolute atomic E-state index is 6.59. The number of rotatable bonds is 6. The van der Waals surface area contributed by atoms with Gasteiger partial charge in [0, 0.05) is 48.0 Å². The van der Waals surface area contributed by atoms with Crippen molar-refractivity contribution in [2.24, 2.45) is 15.9 Å². The van der Waals surface area contributed by atoms with Crippen molar-refractivity contribution in [3.8, 4) is 33.4 Å². The van der Waals surface area contributed by atoms with Crippen LogP contribution >= 0.6 is 11.3 Å². The fourth-order valence-electron chi connectivity index (χ4n) is 8.63. The van der Waals surface area contributed by atoms with E-state index in [9.17, 15) is 0 Å². The van der Waals surface area contributed by atoms with E-state index >= 15 is 0 Å². The van der Waals surface area contributed by atoms with Gasteiger partial charge in [-0.2, -0.15) is 0 Å². The summed E-state index contributed by atoms with van der Waals surface area (Å²) in [6.07, 6.45) is 0. The van der Waals surface area contributed by atoms with Crippen LogP contribution in [0.3, 0.4) is 0 Å². The minimum atomic E-state index is 0.0108. The Morgan fingerprint density at radius 3 is 1.83 bits per heavy atom. The monoisotopic (exact) mass is 774 g/mol. The van der Waals surface area contributed by atoms with Crippen LogP contribution in [0.5, 0.6) is 0 Å². The summed E-state index contributed by atoms with van der Waals surface area (Å²) in [4.78, 5) is 10.9. The maximum Gasteiger partial charge on any atom is 0.160 e. The Labute approximate surface area is 347 Å². The van der Waals surface area contributed by atoms with E-state index in [-0.39, 0.29) is 5.92 Å². The third-order valence-corrected chi connectivity index (χ3v) is 13.1. The van der Waals surface area contributed by atoms with E-state index in [1.807, 2.05) is 17.4 Å². The van der Waals surface area contributed by atoms with Gasteiger partial charge < -0.3 is 4.42 Å². The fraction of sp³-hybridized carbons (Fsp3) is 0.0545. The molecule has 59 heavy (non-hydrogen) atoms. The predicted molar refractivity (Wildman–Crippen MR) is 251 cm³/mol. The van der Waals surface area contributed by atoms with Crippen LogP contribution in [0.15, 0.2) is 208 Å². The molecule has 1 atom stereocenters. The Morgan fingerprint density at radius 2 is 1.07 bits per heavy atom. The van der Waals surface area contributed by atoms with Crippen molar-refractivity contribution in [1.29, 1.82) is 0 Å². The molecular formula is C55H38N2OS. The number of hydrogen-bond donors (Lipinski definition) is 0. The van der Waals surface area contributed by atoms with Gasteiger partial charge in [0.05, 0.1) is 11.4 Å². The number of benzene rings is 8. The van der Waals surface area contributed by atoms with E-state index in [0.29, 0.717) is 5.84 Å². The molecule has 0 fully saturated rings. The van der Waals surface area contributed by atoms with Crippen LogP contribution in [-0.2, 0) is 0 Å². The molecule has 1 aliphatic heterocycles. The van der Waals surface area contributed by atoms with Gasteiger partial charge in [0.2, 0.25) is 0 Å². The number of furan rings is 1. The Bertz CT molecular complexity index is 3320. The molecule has 1 unspecified atom stereocenters. The molecule has 280 valence electrons. The van der Waals surface area contributed by atoms with Crippen molar-refractivity contribution < 1.29 is 4.42 Å². The van der Waals surface area contributed by atoms with Crippen LogP contribution < -0.4 is 0 Å². The van der Waals surface area contributed by atoms with Crippen LogP contribution in [0.4, 0.5) is 0 Å². The summed E-state index contributed by atoms with van der Waals surface area (Å²) < 4.78 is 9.19. The molecule has 2 aromatic heterocycles.